The summed E-state index contributed by atoms with van der Waals surface area (Å²) in [6, 6.07) is 2.01. The molecule has 4 heterocycles. The molecule has 3 unspecified atom stereocenters. The molecule has 27 heavy (non-hydrogen) atoms. The molecule has 7 nitrogen and oxygen atoms in total. The van der Waals surface area contributed by atoms with E-state index in [1.165, 1.54) is 0 Å². The highest BCUT2D eigenvalue weighted by Crippen LogP contribution is 2.66. The molecule has 0 radical (unpaired) electrons. The van der Waals surface area contributed by atoms with Crippen LogP contribution in [-0.4, -0.2) is 52.8 Å². The average molecular weight is 369 g/mol. The third kappa shape index (κ3) is 2.17. The minimum Gasteiger partial charge on any atom is -0.449 e. The first-order valence-corrected chi connectivity index (χ1v) is 9.75. The van der Waals surface area contributed by atoms with Gasteiger partial charge in [0.15, 0.2) is 0 Å². The SMILES string of the molecule is CCCOC(=O)N1CCC2(C1)CC1(OB(O)c3cnc4[nH]ccc4c31)C2C. The van der Waals surface area contributed by atoms with Crippen molar-refractivity contribution in [2.75, 3.05) is 19.7 Å². The molecular formula is C19H24BN3O4. The van der Waals surface area contributed by atoms with Crippen molar-refractivity contribution in [3.63, 3.8) is 0 Å². The number of carbonyl (C=O) groups is 1. The smallest absolute Gasteiger partial charge is 0.449 e. The molecule has 2 N–H and O–H groups in total. The number of ether oxygens (including phenoxy) is 1. The number of rotatable bonds is 2. The first kappa shape index (κ1) is 17.1. The van der Waals surface area contributed by atoms with Crippen molar-refractivity contribution in [2.45, 2.75) is 38.7 Å². The number of likely N-dealkylation sites (tertiary alicyclic amines) is 1. The van der Waals surface area contributed by atoms with Crippen molar-refractivity contribution in [3.05, 3.63) is 24.0 Å². The molecular weight excluding hydrogens is 345 g/mol. The Morgan fingerprint density at radius 2 is 2.44 bits per heavy atom. The predicted molar refractivity (Wildman–Crippen MR) is 101 cm³/mol. The maximum absolute atomic E-state index is 12.3. The van der Waals surface area contributed by atoms with Gasteiger partial charge in [-0.2, -0.15) is 0 Å². The lowest BCUT2D eigenvalue weighted by Crippen LogP contribution is -2.60. The van der Waals surface area contributed by atoms with Crippen LogP contribution in [0.25, 0.3) is 11.0 Å². The van der Waals surface area contributed by atoms with Gasteiger partial charge in [-0.1, -0.05) is 13.8 Å². The normalized spacial score (nSPS) is 31.7. The Morgan fingerprint density at radius 1 is 1.59 bits per heavy atom. The zero-order valence-electron chi connectivity index (χ0n) is 15.7. The molecule has 1 saturated heterocycles. The molecule has 1 saturated carbocycles. The fourth-order valence-corrected chi connectivity index (χ4v) is 5.48. The third-order valence-corrected chi connectivity index (χ3v) is 6.93. The van der Waals surface area contributed by atoms with Crippen LogP contribution in [0, 0.1) is 11.3 Å². The fraction of sp³-hybridized carbons (Fsp3) is 0.579. The summed E-state index contributed by atoms with van der Waals surface area (Å²) in [5.74, 6) is 0.186. The van der Waals surface area contributed by atoms with Crippen LogP contribution in [0.1, 0.15) is 38.7 Å². The van der Waals surface area contributed by atoms with Crippen molar-refractivity contribution in [1.29, 1.82) is 0 Å². The highest BCUT2D eigenvalue weighted by Gasteiger charge is 2.68. The highest BCUT2D eigenvalue weighted by molar-refractivity contribution is 6.62. The minimum atomic E-state index is -0.946. The molecule has 1 aliphatic carbocycles. The Bertz CT molecular complexity index is 917. The number of fused-ring (bicyclic) bond motifs is 4. The monoisotopic (exact) mass is 369 g/mol. The summed E-state index contributed by atoms with van der Waals surface area (Å²) in [5.41, 5.74) is 2.14. The molecule has 0 bridgehead atoms. The van der Waals surface area contributed by atoms with Crippen molar-refractivity contribution in [2.24, 2.45) is 11.3 Å². The number of nitrogens with zero attached hydrogens (tertiary/aromatic N) is 2. The number of nitrogens with one attached hydrogen (secondary N) is 1. The molecule has 0 aromatic carbocycles. The number of carbonyl (C=O) groups excluding carboxylic acids is 1. The first-order chi connectivity index (χ1) is 13.0. The van der Waals surface area contributed by atoms with Crippen LogP contribution < -0.4 is 5.46 Å². The molecule has 2 spiro atoms. The summed E-state index contributed by atoms with van der Waals surface area (Å²) in [7, 11) is -0.946. The topological polar surface area (TPSA) is 87.7 Å². The first-order valence-electron chi connectivity index (χ1n) is 9.75. The Kier molecular flexibility index (Phi) is 3.62. The Morgan fingerprint density at radius 3 is 3.22 bits per heavy atom. The van der Waals surface area contributed by atoms with E-state index in [0.29, 0.717) is 19.7 Å². The number of aromatic nitrogens is 2. The number of hydrogen-bond donors (Lipinski definition) is 2. The van der Waals surface area contributed by atoms with Gasteiger partial charge in [0, 0.05) is 36.3 Å². The molecule has 8 heteroatoms. The summed E-state index contributed by atoms with van der Waals surface area (Å²) in [4.78, 5) is 21.6. The highest BCUT2D eigenvalue weighted by atomic mass is 16.6. The molecule has 2 fully saturated rings. The van der Waals surface area contributed by atoms with E-state index in [1.54, 1.807) is 6.20 Å². The van der Waals surface area contributed by atoms with Crippen LogP contribution in [0.15, 0.2) is 18.5 Å². The van der Waals surface area contributed by atoms with Gasteiger partial charge in [0.1, 0.15) is 5.65 Å². The number of pyridine rings is 1. The van der Waals surface area contributed by atoms with E-state index in [2.05, 4.69) is 16.9 Å². The molecule has 1 amide bonds. The molecule has 2 aromatic rings. The lowest BCUT2D eigenvalue weighted by atomic mass is 9.49. The summed E-state index contributed by atoms with van der Waals surface area (Å²) >= 11 is 0. The van der Waals surface area contributed by atoms with E-state index < -0.39 is 12.7 Å². The number of H-pyrrole nitrogens is 1. The van der Waals surface area contributed by atoms with Crippen LogP contribution in [0.2, 0.25) is 0 Å². The maximum Gasteiger partial charge on any atom is 0.493 e. The second-order valence-electron chi connectivity index (χ2n) is 8.23. The molecule has 2 aromatic heterocycles. The van der Waals surface area contributed by atoms with Crippen molar-refractivity contribution in [1.82, 2.24) is 14.9 Å². The van der Waals surface area contributed by atoms with Crippen molar-refractivity contribution in [3.8, 4) is 0 Å². The standard InChI is InChI=1S/C19H24BN3O4/c1-3-8-26-17(24)23-7-5-18(11-23)10-19(12(18)2)15-13-4-6-21-16(13)22-9-14(15)20(25)27-19/h4,6,9,12,25H,3,5,7-8,10-11H2,1-2H3,(H,21,22). The van der Waals surface area contributed by atoms with Crippen LogP contribution in [-0.2, 0) is 15.0 Å². The van der Waals surface area contributed by atoms with Gasteiger partial charge in [0.25, 0.3) is 0 Å². The van der Waals surface area contributed by atoms with Gasteiger partial charge in [0.05, 0.1) is 12.2 Å². The molecule has 3 atom stereocenters. The van der Waals surface area contributed by atoms with Crippen molar-refractivity contribution >= 4 is 29.7 Å². The lowest BCUT2D eigenvalue weighted by molar-refractivity contribution is -0.171. The number of hydrogen-bond acceptors (Lipinski definition) is 5. The molecule has 142 valence electrons. The quantitative estimate of drug-likeness (QED) is 0.788. The Hall–Kier alpha value is -2.06. The van der Waals surface area contributed by atoms with E-state index in [9.17, 15) is 9.82 Å². The van der Waals surface area contributed by atoms with E-state index in [1.807, 2.05) is 24.1 Å². The van der Waals surface area contributed by atoms with Gasteiger partial charge in [-0.15, -0.1) is 0 Å². The van der Waals surface area contributed by atoms with E-state index in [4.69, 9.17) is 9.39 Å². The summed E-state index contributed by atoms with van der Waals surface area (Å²) in [6.07, 6.45) is 5.94. The molecule has 5 rings (SSSR count). The summed E-state index contributed by atoms with van der Waals surface area (Å²) in [6.45, 7) is 6.05. The van der Waals surface area contributed by atoms with Crippen molar-refractivity contribution < 1.29 is 19.2 Å². The predicted octanol–water partition coefficient (Wildman–Crippen LogP) is 1.75. The van der Waals surface area contributed by atoms with Crippen LogP contribution in [0.5, 0.6) is 0 Å². The second kappa shape index (κ2) is 5.72. The van der Waals surface area contributed by atoms with Crippen LogP contribution in [0.4, 0.5) is 4.79 Å². The van der Waals surface area contributed by atoms with E-state index in [0.717, 1.165) is 41.3 Å². The zero-order chi connectivity index (χ0) is 18.8. The van der Waals surface area contributed by atoms with Crippen LogP contribution in [0.3, 0.4) is 0 Å². The van der Waals surface area contributed by atoms with Gasteiger partial charge >= 0.3 is 13.2 Å². The Balaban J connectivity index is 1.44. The van der Waals surface area contributed by atoms with Gasteiger partial charge < -0.3 is 24.3 Å². The third-order valence-electron chi connectivity index (χ3n) is 6.93. The number of amides is 1. The minimum absolute atomic E-state index is 0.0124. The zero-order valence-corrected chi connectivity index (χ0v) is 15.7. The van der Waals surface area contributed by atoms with Gasteiger partial charge in [-0.05, 0) is 42.2 Å². The Labute approximate surface area is 158 Å². The van der Waals surface area contributed by atoms with Gasteiger partial charge in [-0.25, -0.2) is 9.78 Å². The van der Waals surface area contributed by atoms with Gasteiger partial charge in [0.2, 0.25) is 0 Å². The van der Waals surface area contributed by atoms with E-state index >= 15 is 0 Å². The summed E-state index contributed by atoms with van der Waals surface area (Å²) < 4.78 is 11.5. The van der Waals surface area contributed by atoms with Gasteiger partial charge in [-0.3, -0.25) is 0 Å². The maximum atomic E-state index is 12.3. The lowest BCUT2D eigenvalue weighted by Gasteiger charge is -2.59. The molecule has 2 aliphatic heterocycles. The van der Waals surface area contributed by atoms with Crippen LogP contribution >= 0.6 is 0 Å². The molecule has 3 aliphatic rings. The fourth-order valence-electron chi connectivity index (χ4n) is 5.48. The average Bonchev–Trinajstić information content (AvgIpc) is 3.37. The van der Waals surface area contributed by atoms with E-state index in [-0.39, 0.29) is 17.4 Å². The number of aromatic amines is 1. The largest absolute Gasteiger partial charge is 0.493 e. The second-order valence-corrected chi connectivity index (χ2v) is 8.23. The summed E-state index contributed by atoms with van der Waals surface area (Å²) in [5, 5.41) is 11.5.